The fraction of sp³-hybridized carbons (Fsp3) is 0.300. The molecule has 138 valence electrons. The Hall–Kier alpha value is -3.06. The van der Waals surface area contributed by atoms with Gasteiger partial charge in [-0.15, -0.1) is 0 Å². The van der Waals surface area contributed by atoms with E-state index in [1.807, 2.05) is 28.7 Å². The summed E-state index contributed by atoms with van der Waals surface area (Å²) in [4.78, 5) is 9.17. The van der Waals surface area contributed by atoms with E-state index in [4.69, 9.17) is 0 Å². The highest BCUT2D eigenvalue weighted by atomic mass is 16.3. The lowest BCUT2D eigenvalue weighted by Crippen LogP contribution is -2.11. The highest BCUT2D eigenvalue weighted by Gasteiger charge is 2.16. The van der Waals surface area contributed by atoms with Gasteiger partial charge in [-0.2, -0.15) is 10.2 Å². The molecule has 0 aliphatic heterocycles. The van der Waals surface area contributed by atoms with Gasteiger partial charge in [0.05, 0.1) is 18.5 Å². The van der Waals surface area contributed by atoms with Crippen molar-refractivity contribution in [2.24, 2.45) is 0 Å². The van der Waals surface area contributed by atoms with Crippen LogP contribution in [0, 0.1) is 20.8 Å². The van der Waals surface area contributed by atoms with E-state index in [0.717, 1.165) is 39.2 Å². The van der Waals surface area contributed by atoms with E-state index in [9.17, 15) is 5.11 Å². The van der Waals surface area contributed by atoms with Crippen molar-refractivity contribution in [3.05, 3.63) is 65.0 Å². The van der Waals surface area contributed by atoms with E-state index >= 15 is 0 Å². The van der Waals surface area contributed by atoms with Gasteiger partial charge < -0.3 is 5.11 Å². The van der Waals surface area contributed by atoms with Crippen molar-refractivity contribution in [2.45, 2.75) is 33.7 Å². The van der Waals surface area contributed by atoms with Gasteiger partial charge in [-0.1, -0.05) is 12.1 Å². The molecule has 4 rings (SSSR count). The monoisotopic (exact) mass is 362 g/mol. The Morgan fingerprint density at radius 3 is 2.70 bits per heavy atom. The first-order valence-corrected chi connectivity index (χ1v) is 8.96. The number of nitrogens with zero attached hydrogens (tertiary/aromatic N) is 6. The molecule has 0 radical (unpaired) electrons. The molecule has 0 spiro atoms. The second-order valence-electron chi connectivity index (χ2n) is 6.85. The van der Waals surface area contributed by atoms with E-state index < -0.39 is 0 Å². The van der Waals surface area contributed by atoms with Crippen molar-refractivity contribution >= 4 is 11.0 Å². The van der Waals surface area contributed by atoms with Gasteiger partial charge in [0.25, 0.3) is 0 Å². The highest BCUT2D eigenvalue weighted by Crippen LogP contribution is 2.19. The Morgan fingerprint density at radius 2 is 1.89 bits per heavy atom. The third-order valence-corrected chi connectivity index (χ3v) is 4.55. The normalized spacial score (nSPS) is 11.4. The van der Waals surface area contributed by atoms with Crippen molar-refractivity contribution in [3.8, 4) is 5.69 Å². The Bertz CT molecular complexity index is 1110. The predicted octanol–water partition coefficient (Wildman–Crippen LogP) is 2.52. The summed E-state index contributed by atoms with van der Waals surface area (Å²) in [6, 6.07) is 8.32. The summed E-state index contributed by atoms with van der Waals surface area (Å²) in [7, 11) is 0. The molecule has 1 aromatic carbocycles. The molecule has 27 heavy (non-hydrogen) atoms. The maximum absolute atomic E-state index is 9.30. The SMILES string of the molecule is Cc1ccc(C)c(-n2nc(CCO)nc2Cn2ncc3cc(C)cnc32)c1. The number of aliphatic hydroxyl groups excluding tert-OH is 1. The van der Waals surface area contributed by atoms with Crippen molar-refractivity contribution in [1.82, 2.24) is 29.5 Å². The van der Waals surface area contributed by atoms with Crippen LogP contribution in [0.25, 0.3) is 16.7 Å². The second kappa shape index (κ2) is 6.92. The van der Waals surface area contributed by atoms with Crippen LogP contribution in [-0.4, -0.2) is 41.2 Å². The molecule has 7 nitrogen and oxygen atoms in total. The van der Waals surface area contributed by atoms with Gasteiger partial charge in [0.1, 0.15) is 6.54 Å². The zero-order chi connectivity index (χ0) is 19.0. The summed E-state index contributed by atoms with van der Waals surface area (Å²) in [5.41, 5.74) is 5.18. The molecule has 0 aliphatic rings. The minimum Gasteiger partial charge on any atom is -0.396 e. The molecule has 0 saturated carbocycles. The van der Waals surface area contributed by atoms with Crippen LogP contribution in [0.5, 0.6) is 0 Å². The fourth-order valence-electron chi connectivity index (χ4n) is 3.17. The average Bonchev–Trinajstić information content (AvgIpc) is 3.22. The minimum absolute atomic E-state index is 0.0157. The molecule has 3 heterocycles. The average molecular weight is 362 g/mol. The molecule has 0 atom stereocenters. The van der Waals surface area contributed by atoms with Gasteiger partial charge >= 0.3 is 0 Å². The molecular formula is C20H22N6O. The maximum Gasteiger partial charge on any atom is 0.158 e. The maximum atomic E-state index is 9.30. The van der Waals surface area contributed by atoms with Crippen molar-refractivity contribution in [3.63, 3.8) is 0 Å². The first-order valence-electron chi connectivity index (χ1n) is 8.96. The summed E-state index contributed by atoms with van der Waals surface area (Å²) < 4.78 is 3.69. The standard InChI is InChI=1S/C20H22N6O/c1-13-4-5-15(3)17(9-13)26-19(23-18(24-26)6-7-27)12-25-20-16(11-22-25)8-14(2)10-21-20/h4-5,8-11,27H,6-7,12H2,1-3H3. The predicted molar refractivity (Wildman–Crippen MR) is 103 cm³/mol. The molecule has 0 unspecified atom stereocenters. The fourth-order valence-corrected chi connectivity index (χ4v) is 3.17. The van der Waals surface area contributed by atoms with Crippen LogP contribution < -0.4 is 0 Å². The third-order valence-electron chi connectivity index (χ3n) is 4.55. The van der Waals surface area contributed by atoms with Crippen molar-refractivity contribution in [1.29, 1.82) is 0 Å². The van der Waals surface area contributed by atoms with Crippen LogP contribution in [0.15, 0.2) is 36.7 Å². The summed E-state index contributed by atoms with van der Waals surface area (Å²) in [5.74, 6) is 1.38. The van der Waals surface area contributed by atoms with E-state index in [1.165, 1.54) is 0 Å². The molecule has 7 heteroatoms. The molecule has 0 amide bonds. The summed E-state index contributed by atoms with van der Waals surface area (Å²) >= 11 is 0. The molecule has 0 aliphatic carbocycles. The number of aliphatic hydroxyl groups is 1. The smallest absolute Gasteiger partial charge is 0.158 e. The first kappa shape index (κ1) is 17.4. The van der Waals surface area contributed by atoms with E-state index in [-0.39, 0.29) is 6.61 Å². The molecule has 0 saturated heterocycles. The van der Waals surface area contributed by atoms with E-state index in [0.29, 0.717) is 18.8 Å². The van der Waals surface area contributed by atoms with Gasteiger partial charge in [-0.05, 0) is 49.6 Å². The van der Waals surface area contributed by atoms with Gasteiger partial charge in [0, 0.05) is 18.0 Å². The summed E-state index contributed by atoms with van der Waals surface area (Å²) in [6.07, 6.45) is 4.08. The molecule has 0 bridgehead atoms. The molecule has 3 aromatic heterocycles. The van der Waals surface area contributed by atoms with Crippen LogP contribution in [0.4, 0.5) is 0 Å². The Labute approximate surface area is 157 Å². The highest BCUT2D eigenvalue weighted by molar-refractivity contribution is 5.74. The number of rotatable bonds is 5. The van der Waals surface area contributed by atoms with Crippen LogP contribution in [0.1, 0.15) is 28.3 Å². The lowest BCUT2D eigenvalue weighted by Gasteiger charge is -2.10. The topological polar surface area (TPSA) is 81.6 Å². The summed E-state index contributed by atoms with van der Waals surface area (Å²) in [6.45, 7) is 6.59. The Balaban J connectivity index is 1.80. The van der Waals surface area contributed by atoms with E-state index in [1.54, 1.807) is 0 Å². The molecule has 4 aromatic rings. The lowest BCUT2D eigenvalue weighted by molar-refractivity contribution is 0.296. The molecule has 0 fully saturated rings. The van der Waals surface area contributed by atoms with Crippen molar-refractivity contribution in [2.75, 3.05) is 6.61 Å². The van der Waals surface area contributed by atoms with Crippen LogP contribution >= 0.6 is 0 Å². The van der Waals surface area contributed by atoms with E-state index in [2.05, 4.69) is 58.3 Å². The number of benzene rings is 1. The van der Waals surface area contributed by atoms with Gasteiger partial charge in [-0.3, -0.25) is 0 Å². The quantitative estimate of drug-likeness (QED) is 0.590. The zero-order valence-corrected chi connectivity index (χ0v) is 15.7. The number of hydrogen-bond donors (Lipinski definition) is 1. The van der Waals surface area contributed by atoms with Gasteiger partial charge in [-0.25, -0.2) is 19.3 Å². The number of aromatic nitrogens is 6. The van der Waals surface area contributed by atoms with Crippen LogP contribution in [0.3, 0.4) is 0 Å². The van der Waals surface area contributed by atoms with Gasteiger partial charge in [0.2, 0.25) is 0 Å². The number of fused-ring (bicyclic) bond motifs is 1. The number of pyridine rings is 1. The second-order valence-corrected chi connectivity index (χ2v) is 6.85. The Morgan fingerprint density at radius 1 is 1.04 bits per heavy atom. The molecule has 1 N–H and O–H groups in total. The zero-order valence-electron chi connectivity index (χ0n) is 15.7. The lowest BCUT2D eigenvalue weighted by atomic mass is 10.1. The van der Waals surface area contributed by atoms with Gasteiger partial charge in [0.15, 0.2) is 17.3 Å². The minimum atomic E-state index is 0.0157. The van der Waals surface area contributed by atoms with Crippen molar-refractivity contribution < 1.29 is 5.11 Å². The molecular weight excluding hydrogens is 340 g/mol. The largest absolute Gasteiger partial charge is 0.396 e. The third kappa shape index (κ3) is 3.33. The Kier molecular flexibility index (Phi) is 4.45. The number of hydrogen-bond acceptors (Lipinski definition) is 5. The summed E-state index contributed by atoms with van der Waals surface area (Å²) in [5, 5.41) is 19.4. The van der Waals surface area contributed by atoms with Crippen LogP contribution in [0.2, 0.25) is 0 Å². The first-order chi connectivity index (χ1) is 13.0. The van der Waals surface area contributed by atoms with Crippen LogP contribution in [-0.2, 0) is 13.0 Å². The number of aryl methyl sites for hydroxylation is 3.